The van der Waals surface area contributed by atoms with Crippen molar-refractivity contribution in [3.63, 3.8) is 0 Å². The lowest BCUT2D eigenvalue weighted by atomic mass is 9.82. The van der Waals surface area contributed by atoms with Gasteiger partial charge in [-0.15, -0.1) is 0 Å². The molecule has 0 radical (unpaired) electrons. The Hall–Kier alpha value is -4.01. The molecule has 40 heavy (non-hydrogen) atoms. The number of methoxy groups -OCH3 is 1. The van der Waals surface area contributed by atoms with Gasteiger partial charge in [0.05, 0.1) is 18.4 Å². The molecule has 3 heterocycles. The van der Waals surface area contributed by atoms with Crippen molar-refractivity contribution >= 4 is 17.8 Å². The number of piperidine rings is 1. The van der Waals surface area contributed by atoms with Crippen molar-refractivity contribution in [1.82, 2.24) is 14.9 Å². The summed E-state index contributed by atoms with van der Waals surface area (Å²) in [5, 5.41) is 9.79. The van der Waals surface area contributed by atoms with Crippen LogP contribution in [-0.4, -0.2) is 64.6 Å². The SMILES string of the molecule is COc1ccc(CCc2nc(N3CCC4C(C3)C(c3ccc(F)cc3)CN4C(=O)C(C)C)ncc2C(=O)O)cc1. The van der Waals surface area contributed by atoms with Crippen LogP contribution in [0.3, 0.4) is 0 Å². The standard InChI is InChI=1S/C31H35FN4O4/c1-19(2)29(37)36-18-25(21-7-9-22(32)10-8-21)26-17-35(15-14-28(26)36)31-33-16-24(30(38)39)27(34-31)13-6-20-4-11-23(40-3)12-5-20/h4-5,7-12,16,19,25-26,28H,6,13-15,17-18H2,1-3H3,(H,38,39). The van der Waals surface area contributed by atoms with Crippen molar-refractivity contribution in [3.8, 4) is 5.75 Å². The average molecular weight is 547 g/mol. The van der Waals surface area contributed by atoms with Gasteiger partial charge in [-0.05, 0) is 54.7 Å². The molecule has 8 nitrogen and oxygen atoms in total. The number of aryl methyl sites for hydroxylation is 2. The summed E-state index contributed by atoms with van der Waals surface area (Å²) in [6.07, 6.45) is 3.25. The summed E-state index contributed by atoms with van der Waals surface area (Å²) in [4.78, 5) is 38.4. The highest BCUT2D eigenvalue weighted by Gasteiger charge is 2.47. The van der Waals surface area contributed by atoms with Gasteiger partial charge in [-0.3, -0.25) is 4.79 Å². The van der Waals surface area contributed by atoms with Crippen LogP contribution in [0.15, 0.2) is 54.7 Å². The van der Waals surface area contributed by atoms with E-state index in [1.807, 2.05) is 55.1 Å². The highest BCUT2D eigenvalue weighted by atomic mass is 19.1. The number of carboxylic acid groups (broad SMARTS) is 1. The van der Waals surface area contributed by atoms with E-state index >= 15 is 0 Å². The second-order valence-corrected chi connectivity index (χ2v) is 11.0. The number of aromatic carboxylic acids is 1. The number of rotatable bonds is 8. The summed E-state index contributed by atoms with van der Waals surface area (Å²) in [6.45, 7) is 5.71. The molecular weight excluding hydrogens is 511 g/mol. The molecule has 3 aromatic rings. The molecule has 0 aliphatic carbocycles. The Morgan fingerprint density at radius 3 is 2.45 bits per heavy atom. The van der Waals surface area contributed by atoms with Gasteiger partial charge in [-0.2, -0.15) is 0 Å². The molecular formula is C31H35FN4O4. The van der Waals surface area contributed by atoms with Crippen LogP contribution in [0.4, 0.5) is 10.3 Å². The summed E-state index contributed by atoms with van der Waals surface area (Å²) < 4.78 is 18.9. The van der Waals surface area contributed by atoms with E-state index in [1.165, 1.54) is 18.3 Å². The number of carboxylic acids is 1. The van der Waals surface area contributed by atoms with Crippen molar-refractivity contribution in [2.75, 3.05) is 31.6 Å². The second kappa shape index (κ2) is 11.6. The first-order chi connectivity index (χ1) is 19.2. The number of hydrogen-bond donors (Lipinski definition) is 1. The van der Waals surface area contributed by atoms with Crippen molar-refractivity contribution in [1.29, 1.82) is 0 Å². The zero-order chi connectivity index (χ0) is 28.4. The van der Waals surface area contributed by atoms with E-state index in [1.54, 1.807) is 7.11 Å². The van der Waals surface area contributed by atoms with Crippen LogP contribution in [0.1, 0.15) is 53.4 Å². The predicted molar refractivity (Wildman–Crippen MR) is 149 cm³/mol. The highest BCUT2D eigenvalue weighted by molar-refractivity contribution is 5.88. The summed E-state index contributed by atoms with van der Waals surface area (Å²) in [5.41, 5.74) is 2.67. The molecule has 3 atom stereocenters. The minimum absolute atomic E-state index is 0.0592. The topological polar surface area (TPSA) is 95.9 Å². The first kappa shape index (κ1) is 27.6. The fourth-order valence-corrected chi connectivity index (χ4v) is 6.05. The monoisotopic (exact) mass is 546 g/mol. The number of anilines is 1. The smallest absolute Gasteiger partial charge is 0.339 e. The molecule has 2 aromatic carbocycles. The summed E-state index contributed by atoms with van der Waals surface area (Å²) in [7, 11) is 1.62. The van der Waals surface area contributed by atoms with Crippen molar-refractivity contribution < 1.29 is 23.8 Å². The molecule has 2 aliphatic heterocycles. The molecule has 1 aromatic heterocycles. The normalized spacial score (nSPS) is 20.5. The number of aromatic nitrogens is 2. The molecule has 2 saturated heterocycles. The van der Waals surface area contributed by atoms with E-state index in [4.69, 9.17) is 9.72 Å². The van der Waals surface area contributed by atoms with Crippen LogP contribution in [-0.2, 0) is 17.6 Å². The molecule has 0 bridgehead atoms. The lowest BCUT2D eigenvalue weighted by Crippen LogP contribution is -2.49. The number of halogens is 1. The molecule has 5 rings (SSSR count). The third kappa shape index (κ3) is 5.64. The molecule has 0 saturated carbocycles. The minimum atomic E-state index is -1.05. The van der Waals surface area contributed by atoms with Gasteiger partial charge in [0.25, 0.3) is 0 Å². The number of carbonyl (C=O) groups is 2. The van der Waals surface area contributed by atoms with Crippen LogP contribution in [0, 0.1) is 17.7 Å². The minimum Gasteiger partial charge on any atom is -0.497 e. The summed E-state index contributed by atoms with van der Waals surface area (Å²) in [6, 6.07) is 14.3. The Bertz CT molecular complexity index is 1360. The lowest BCUT2D eigenvalue weighted by molar-refractivity contribution is -0.135. The van der Waals surface area contributed by atoms with E-state index in [2.05, 4.69) is 9.88 Å². The van der Waals surface area contributed by atoms with E-state index in [0.717, 1.165) is 23.3 Å². The molecule has 2 aliphatic rings. The van der Waals surface area contributed by atoms with E-state index in [9.17, 15) is 19.1 Å². The first-order valence-corrected chi connectivity index (χ1v) is 13.8. The Kier molecular flexibility index (Phi) is 8.00. The van der Waals surface area contributed by atoms with Crippen LogP contribution in [0.2, 0.25) is 0 Å². The highest BCUT2D eigenvalue weighted by Crippen LogP contribution is 2.42. The Labute approximate surface area is 233 Å². The molecule has 1 N–H and O–H groups in total. The zero-order valence-electron chi connectivity index (χ0n) is 23.1. The average Bonchev–Trinajstić information content (AvgIpc) is 3.34. The van der Waals surface area contributed by atoms with E-state index in [-0.39, 0.29) is 41.1 Å². The van der Waals surface area contributed by atoms with E-state index < -0.39 is 5.97 Å². The van der Waals surface area contributed by atoms with Crippen LogP contribution in [0.5, 0.6) is 5.75 Å². The van der Waals surface area contributed by atoms with Gasteiger partial charge in [0.1, 0.15) is 11.6 Å². The predicted octanol–water partition coefficient (Wildman–Crippen LogP) is 4.58. The number of fused-ring (bicyclic) bond motifs is 1. The first-order valence-electron chi connectivity index (χ1n) is 13.8. The van der Waals surface area contributed by atoms with Crippen molar-refractivity contribution in [2.45, 2.75) is 45.1 Å². The van der Waals surface area contributed by atoms with Gasteiger partial charge < -0.3 is 19.6 Å². The fraction of sp³-hybridized carbons (Fsp3) is 0.419. The lowest BCUT2D eigenvalue weighted by Gasteiger charge is -2.39. The molecule has 3 unspecified atom stereocenters. The number of ether oxygens (including phenoxy) is 1. The van der Waals surface area contributed by atoms with Gasteiger partial charge in [0.15, 0.2) is 0 Å². The molecule has 0 spiro atoms. The Morgan fingerprint density at radius 2 is 1.80 bits per heavy atom. The maximum absolute atomic E-state index is 13.7. The largest absolute Gasteiger partial charge is 0.497 e. The number of hydrogen-bond acceptors (Lipinski definition) is 6. The fourth-order valence-electron chi connectivity index (χ4n) is 6.05. The Morgan fingerprint density at radius 1 is 1.07 bits per heavy atom. The number of carbonyl (C=O) groups excluding carboxylic acids is 1. The van der Waals surface area contributed by atoms with E-state index in [0.29, 0.717) is 44.1 Å². The van der Waals surface area contributed by atoms with Crippen molar-refractivity contribution in [3.05, 3.63) is 82.9 Å². The van der Waals surface area contributed by atoms with Gasteiger partial charge in [0.2, 0.25) is 11.9 Å². The zero-order valence-corrected chi connectivity index (χ0v) is 23.1. The van der Waals surface area contributed by atoms with Gasteiger partial charge >= 0.3 is 5.97 Å². The molecule has 210 valence electrons. The molecule has 9 heteroatoms. The second-order valence-electron chi connectivity index (χ2n) is 11.0. The number of likely N-dealkylation sites (tertiary alicyclic amines) is 1. The van der Waals surface area contributed by atoms with Crippen LogP contribution in [0.25, 0.3) is 0 Å². The number of benzene rings is 2. The van der Waals surface area contributed by atoms with Gasteiger partial charge in [-0.1, -0.05) is 38.1 Å². The maximum atomic E-state index is 13.7. The molecule has 1 amide bonds. The van der Waals surface area contributed by atoms with Gasteiger partial charge in [-0.25, -0.2) is 19.2 Å². The number of amides is 1. The summed E-state index contributed by atoms with van der Waals surface area (Å²) in [5.74, 6) is 0.137. The third-order valence-electron chi connectivity index (χ3n) is 8.18. The summed E-state index contributed by atoms with van der Waals surface area (Å²) >= 11 is 0. The van der Waals surface area contributed by atoms with Gasteiger partial charge in [0, 0.05) is 49.6 Å². The van der Waals surface area contributed by atoms with Crippen LogP contribution < -0.4 is 9.64 Å². The quantitative estimate of drug-likeness (QED) is 0.442. The number of nitrogens with zero attached hydrogens (tertiary/aromatic N) is 4. The third-order valence-corrected chi connectivity index (χ3v) is 8.18. The Balaban J connectivity index is 1.39. The van der Waals surface area contributed by atoms with Crippen LogP contribution >= 0.6 is 0 Å². The van der Waals surface area contributed by atoms with Crippen molar-refractivity contribution in [2.24, 2.45) is 11.8 Å². The molecule has 2 fully saturated rings. The maximum Gasteiger partial charge on any atom is 0.339 e.